The molecule has 5 nitrogen and oxygen atoms in total. The fraction of sp³-hybridized carbons (Fsp3) is 0.562. The normalized spacial score (nSPS) is 21.5. The van der Waals surface area contributed by atoms with E-state index in [1.54, 1.807) is 6.92 Å². The summed E-state index contributed by atoms with van der Waals surface area (Å²) in [5.41, 5.74) is 0.318. The van der Waals surface area contributed by atoms with Gasteiger partial charge in [0, 0.05) is 0 Å². The summed E-state index contributed by atoms with van der Waals surface area (Å²) in [6.45, 7) is 7.86. The smallest absolute Gasteiger partial charge is 0.310 e. The van der Waals surface area contributed by atoms with Crippen LogP contribution in [0.1, 0.15) is 33.3 Å². The summed E-state index contributed by atoms with van der Waals surface area (Å²) < 4.78 is 21.8. The second-order valence-corrected chi connectivity index (χ2v) is 5.50. The Bertz CT molecular complexity index is 474. The number of rotatable bonds is 6. The van der Waals surface area contributed by atoms with E-state index in [-0.39, 0.29) is 25.0 Å². The molecule has 1 fully saturated rings. The summed E-state index contributed by atoms with van der Waals surface area (Å²) >= 11 is 0. The van der Waals surface area contributed by atoms with Crippen molar-refractivity contribution in [1.29, 1.82) is 0 Å². The molecule has 0 atom stereocenters. The molecule has 0 aliphatic carbocycles. The molecule has 0 aromatic heterocycles. The van der Waals surface area contributed by atoms with Crippen LogP contribution in [-0.2, 0) is 25.4 Å². The van der Waals surface area contributed by atoms with Gasteiger partial charge in [-0.05, 0) is 45.4 Å². The minimum Gasteiger partial charge on any atom is -0.483 e. The second kappa shape index (κ2) is 6.45. The topological polar surface area (TPSA) is 54.0 Å². The Hall–Kier alpha value is -1.59. The van der Waals surface area contributed by atoms with Crippen molar-refractivity contribution in [1.82, 2.24) is 0 Å². The summed E-state index contributed by atoms with van der Waals surface area (Å²) in [7, 11) is 0. The molecule has 0 N–H and O–H groups in total. The lowest BCUT2D eigenvalue weighted by Crippen LogP contribution is -2.55. The average molecular weight is 294 g/mol. The molecule has 0 radical (unpaired) electrons. The average Bonchev–Trinajstić information content (AvgIpc) is 2.37. The molecule has 21 heavy (non-hydrogen) atoms. The molecule has 1 aliphatic heterocycles. The van der Waals surface area contributed by atoms with E-state index in [4.69, 9.17) is 18.9 Å². The van der Waals surface area contributed by atoms with Crippen molar-refractivity contribution in [3.63, 3.8) is 0 Å². The first kappa shape index (κ1) is 15.8. The van der Waals surface area contributed by atoms with Crippen molar-refractivity contribution in [3.8, 4) is 5.75 Å². The summed E-state index contributed by atoms with van der Waals surface area (Å²) in [6, 6.07) is 7.37. The van der Waals surface area contributed by atoms with Crippen molar-refractivity contribution < 1.29 is 23.7 Å². The largest absolute Gasteiger partial charge is 0.483 e. The zero-order valence-electron chi connectivity index (χ0n) is 12.9. The standard InChI is InChI=1S/C16H22O5/c1-5-18-14(17)10-12-6-8-13(9-7-12)21-16(3,4)15-19-11(2)20-15/h6-9,11,15H,5,10H2,1-4H3. The lowest BCUT2D eigenvalue weighted by molar-refractivity contribution is -0.410. The lowest BCUT2D eigenvalue weighted by atomic mass is 10.1. The number of carbonyl (C=O) groups is 1. The van der Waals surface area contributed by atoms with Crippen LogP contribution >= 0.6 is 0 Å². The Balaban J connectivity index is 1.91. The Labute approximate surface area is 125 Å². The summed E-state index contributed by atoms with van der Waals surface area (Å²) in [5, 5.41) is 0. The van der Waals surface area contributed by atoms with Gasteiger partial charge >= 0.3 is 5.97 Å². The molecule has 1 heterocycles. The van der Waals surface area contributed by atoms with Crippen molar-refractivity contribution in [2.75, 3.05) is 6.61 Å². The molecule has 116 valence electrons. The van der Waals surface area contributed by atoms with Gasteiger partial charge in [-0.2, -0.15) is 0 Å². The maximum Gasteiger partial charge on any atom is 0.310 e. The van der Waals surface area contributed by atoms with E-state index in [0.717, 1.165) is 5.56 Å². The van der Waals surface area contributed by atoms with Crippen LogP contribution < -0.4 is 4.74 Å². The third kappa shape index (κ3) is 4.19. The molecule has 0 spiro atoms. The Morgan fingerprint density at radius 2 is 1.86 bits per heavy atom. The highest BCUT2D eigenvalue weighted by Crippen LogP contribution is 2.30. The highest BCUT2D eigenvalue weighted by molar-refractivity contribution is 5.72. The van der Waals surface area contributed by atoms with Gasteiger partial charge in [0.15, 0.2) is 11.9 Å². The van der Waals surface area contributed by atoms with E-state index < -0.39 is 5.60 Å². The molecule has 2 rings (SSSR count). The van der Waals surface area contributed by atoms with Gasteiger partial charge in [-0.15, -0.1) is 0 Å². The van der Waals surface area contributed by atoms with Gasteiger partial charge in [-0.3, -0.25) is 4.79 Å². The summed E-state index contributed by atoms with van der Waals surface area (Å²) in [5.74, 6) is 0.483. The predicted molar refractivity (Wildman–Crippen MR) is 76.9 cm³/mol. The van der Waals surface area contributed by atoms with Crippen LogP contribution in [0.4, 0.5) is 0 Å². The maximum atomic E-state index is 11.4. The van der Waals surface area contributed by atoms with Gasteiger partial charge in [0.05, 0.1) is 13.0 Å². The van der Waals surface area contributed by atoms with Gasteiger partial charge in [-0.1, -0.05) is 12.1 Å². The van der Waals surface area contributed by atoms with Crippen LogP contribution in [0.25, 0.3) is 0 Å². The molecule has 1 saturated heterocycles. The minimum atomic E-state index is -0.574. The summed E-state index contributed by atoms with van der Waals surface area (Å²) in [6.07, 6.45) is -0.277. The fourth-order valence-corrected chi connectivity index (χ4v) is 2.09. The Morgan fingerprint density at radius 3 is 2.38 bits per heavy atom. The zero-order valence-corrected chi connectivity index (χ0v) is 12.9. The molecule has 1 aromatic carbocycles. The third-order valence-corrected chi connectivity index (χ3v) is 3.16. The van der Waals surface area contributed by atoms with Crippen molar-refractivity contribution in [2.45, 2.75) is 52.3 Å². The van der Waals surface area contributed by atoms with E-state index in [1.165, 1.54) is 0 Å². The van der Waals surface area contributed by atoms with Crippen LogP contribution in [0.2, 0.25) is 0 Å². The number of hydrogen-bond donors (Lipinski definition) is 0. The first-order chi connectivity index (χ1) is 9.90. The van der Waals surface area contributed by atoms with Crippen molar-refractivity contribution in [3.05, 3.63) is 29.8 Å². The quantitative estimate of drug-likeness (QED) is 0.755. The van der Waals surface area contributed by atoms with E-state index in [9.17, 15) is 4.79 Å². The number of ether oxygens (including phenoxy) is 4. The van der Waals surface area contributed by atoms with E-state index in [0.29, 0.717) is 12.4 Å². The number of carbonyl (C=O) groups excluding carboxylic acids is 1. The highest BCUT2D eigenvalue weighted by Gasteiger charge is 2.42. The van der Waals surface area contributed by atoms with Crippen LogP contribution in [0.3, 0.4) is 0 Å². The highest BCUT2D eigenvalue weighted by atomic mass is 16.9. The van der Waals surface area contributed by atoms with Crippen molar-refractivity contribution >= 4 is 5.97 Å². The summed E-state index contributed by atoms with van der Waals surface area (Å²) in [4.78, 5) is 11.4. The van der Waals surface area contributed by atoms with Gasteiger partial charge in [0.25, 0.3) is 0 Å². The monoisotopic (exact) mass is 294 g/mol. The Morgan fingerprint density at radius 1 is 1.24 bits per heavy atom. The molecule has 1 aliphatic rings. The van der Waals surface area contributed by atoms with Gasteiger partial charge in [0.2, 0.25) is 6.29 Å². The predicted octanol–water partition coefficient (Wildman–Crippen LogP) is 2.67. The Kier molecular flexibility index (Phi) is 4.85. The molecule has 1 aromatic rings. The van der Waals surface area contributed by atoms with Crippen LogP contribution in [0.15, 0.2) is 24.3 Å². The SMILES string of the molecule is CCOC(=O)Cc1ccc(OC(C)(C)C2OC(C)O2)cc1. The molecule has 0 saturated carbocycles. The van der Waals surface area contributed by atoms with Crippen LogP contribution in [0.5, 0.6) is 5.75 Å². The van der Waals surface area contributed by atoms with Crippen LogP contribution in [0, 0.1) is 0 Å². The number of benzene rings is 1. The molecular weight excluding hydrogens is 272 g/mol. The fourth-order valence-electron chi connectivity index (χ4n) is 2.09. The maximum absolute atomic E-state index is 11.4. The molecule has 0 amide bonds. The lowest BCUT2D eigenvalue weighted by Gasteiger charge is -2.43. The molecule has 0 unspecified atom stereocenters. The number of hydrogen-bond acceptors (Lipinski definition) is 5. The van der Waals surface area contributed by atoms with Crippen LogP contribution in [-0.4, -0.2) is 30.8 Å². The van der Waals surface area contributed by atoms with Gasteiger partial charge in [0.1, 0.15) is 5.75 Å². The van der Waals surface area contributed by atoms with Gasteiger partial charge in [-0.25, -0.2) is 0 Å². The van der Waals surface area contributed by atoms with Gasteiger partial charge < -0.3 is 18.9 Å². The molecule has 0 bridgehead atoms. The third-order valence-electron chi connectivity index (χ3n) is 3.16. The van der Waals surface area contributed by atoms with E-state index in [2.05, 4.69) is 0 Å². The molecular formula is C16H22O5. The minimum absolute atomic E-state index is 0.176. The first-order valence-electron chi connectivity index (χ1n) is 7.15. The first-order valence-corrected chi connectivity index (χ1v) is 7.15. The number of esters is 1. The van der Waals surface area contributed by atoms with E-state index in [1.807, 2.05) is 45.0 Å². The zero-order chi connectivity index (χ0) is 15.5. The van der Waals surface area contributed by atoms with E-state index >= 15 is 0 Å². The molecule has 5 heteroatoms. The second-order valence-electron chi connectivity index (χ2n) is 5.50. The van der Waals surface area contributed by atoms with Crippen molar-refractivity contribution in [2.24, 2.45) is 0 Å².